The molecule has 0 radical (unpaired) electrons. The highest BCUT2D eigenvalue weighted by atomic mass is 16.5. The van der Waals surface area contributed by atoms with Gasteiger partial charge in [0.05, 0.1) is 12.1 Å². The van der Waals surface area contributed by atoms with Gasteiger partial charge in [0, 0.05) is 13.7 Å². The molecule has 0 spiro atoms. The quantitative estimate of drug-likeness (QED) is 0.710. The Morgan fingerprint density at radius 2 is 2.00 bits per heavy atom. The number of H-pyrrole nitrogens is 1. The Hall–Kier alpha value is -1.76. The molecule has 114 valence electrons. The smallest absolute Gasteiger partial charge is 0.330 e. The summed E-state index contributed by atoms with van der Waals surface area (Å²) in [4.78, 5) is 26.0. The Balaban J connectivity index is 3.27. The molecule has 0 aromatic carbocycles. The molecule has 0 atom stereocenters. The summed E-state index contributed by atoms with van der Waals surface area (Å²) in [6.45, 7) is 8.55. The lowest BCUT2D eigenvalue weighted by Gasteiger charge is -2.27. The predicted octanol–water partition coefficient (Wildman–Crippen LogP) is 0.612. The molecule has 1 aromatic rings. The van der Waals surface area contributed by atoms with Crippen LogP contribution in [0.2, 0.25) is 0 Å². The summed E-state index contributed by atoms with van der Waals surface area (Å²) in [7, 11) is 1.58. The normalized spacial score (nSPS) is 11.9. The maximum absolute atomic E-state index is 11.9. The van der Waals surface area contributed by atoms with Gasteiger partial charge < -0.3 is 15.8 Å². The van der Waals surface area contributed by atoms with Crippen molar-refractivity contribution in [1.82, 2.24) is 9.55 Å². The summed E-state index contributed by atoms with van der Waals surface area (Å²) in [6.07, 6.45) is 0. The first-order valence-corrected chi connectivity index (χ1v) is 6.57. The molecule has 20 heavy (non-hydrogen) atoms. The van der Waals surface area contributed by atoms with Crippen LogP contribution in [0.1, 0.15) is 27.7 Å². The number of rotatable bonds is 6. The van der Waals surface area contributed by atoms with Crippen molar-refractivity contribution < 1.29 is 4.74 Å². The molecular weight excluding hydrogens is 260 g/mol. The zero-order valence-electron chi connectivity index (χ0n) is 12.7. The minimum Gasteiger partial charge on any atom is -0.383 e. The maximum Gasteiger partial charge on any atom is 0.330 e. The van der Waals surface area contributed by atoms with E-state index in [-0.39, 0.29) is 17.4 Å². The molecule has 4 N–H and O–H groups in total. The number of nitrogens with two attached hydrogens (primary N) is 1. The van der Waals surface area contributed by atoms with Crippen LogP contribution in [0.4, 0.5) is 11.5 Å². The second-order valence-corrected chi connectivity index (χ2v) is 5.97. The van der Waals surface area contributed by atoms with Crippen LogP contribution in [0.5, 0.6) is 0 Å². The molecule has 0 aliphatic heterocycles. The Morgan fingerprint density at radius 1 is 1.40 bits per heavy atom. The van der Waals surface area contributed by atoms with Gasteiger partial charge in [0.25, 0.3) is 5.56 Å². The first kappa shape index (κ1) is 16.3. The number of aromatic nitrogens is 2. The highest BCUT2D eigenvalue weighted by Gasteiger charge is 2.22. The molecule has 1 rings (SSSR count). The van der Waals surface area contributed by atoms with Gasteiger partial charge in [-0.25, -0.2) is 4.79 Å². The van der Waals surface area contributed by atoms with Crippen LogP contribution in [0, 0.1) is 5.92 Å². The zero-order valence-corrected chi connectivity index (χ0v) is 12.7. The summed E-state index contributed by atoms with van der Waals surface area (Å²) in [5, 5.41) is 3.04. The van der Waals surface area contributed by atoms with Crippen molar-refractivity contribution in [3.63, 3.8) is 0 Å². The number of nitrogen functional groups attached to an aromatic ring is 1. The monoisotopic (exact) mass is 284 g/mol. The van der Waals surface area contributed by atoms with Crippen molar-refractivity contribution in [3.05, 3.63) is 20.8 Å². The summed E-state index contributed by atoms with van der Waals surface area (Å²) >= 11 is 0. The second kappa shape index (κ2) is 6.13. The van der Waals surface area contributed by atoms with Crippen molar-refractivity contribution in [2.45, 2.75) is 39.8 Å². The molecule has 7 nitrogen and oxygen atoms in total. The zero-order chi connectivity index (χ0) is 15.5. The lowest BCUT2D eigenvalue weighted by molar-refractivity contribution is 0.158. The Kier molecular flexibility index (Phi) is 4.99. The highest BCUT2D eigenvalue weighted by molar-refractivity contribution is 5.61. The van der Waals surface area contributed by atoms with Gasteiger partial charge in [-0.3, -0.25) is 14.3 Å². The first-order valence-electron chi connectivity index (χ1n) is 6.57. The van der Waals surface area contributed by atoms with E-state index >= 15 is 0 Å². The highest BCUT2D eigenvalue weighted by Crippen LogP contribution is 2.17. The van der Waals surface area contributed by atoms with Crippen molar-refractivity contribution in [2.75, 3.05) is 24.8 Å². The third-order valence-electron chi connectivity index (χ3n) is 2.76. The second-order valence-electron chi connectivity index (χ2n) is 5.97. The SMILES string of the molecule is COCC(C)(C)Nc1c(N)n(CC(C)C)c(=O)[nH]c1=O. The number of methoxy groups -OCH3 is 1. The van der Waals surface area contributed by atoms with E-state index in [0.717, 1.165) is 0 Å². The topological polar surface area (TPSA) is 102 Å². The minimum atomic E-state index is -0.517. The molecule has 0 saturated carbocycles. The number of nitrogens with one attached hydrogen (secondary N) is 2. The predicted molar refractivity (Wildman–Crippen MR) is 80.2 cm³/mol. The molecule has 7 heteroatoms. The number of ether oxygens (including phenoxy) is 1. The number of hydrogen-bond donors (Lipinski definition) is 3. The van der Waals surface area contributed by atoms with E-state index < -0.39 is 16.8 Å². The van der Waals surface area contributed by atoms with E-state index in [9.17, 15) is 9.59 Å². The van der Waals surface area contributed by atoms with Gasteiger partial charge in [0.1, 0.15) is 11.5 Å². The van der Waals surface area contributed by atoms with Gasteiger partial charge in [-0.15, -0.1) is 0 Å². The maximum atomic E-state index is 11.9. The fourth-order valence-corrected chi connectivity index (χ4v) is 1.99. The summed E-state index contributed by atoms with van der Waals surface area (Å²) in [6, 6.07) is 0. The van der Waals surface area contributed by atoms with Gasteiger partial charge in [-0.2, -0.15) is 0 Å². The number of nitrogens with zero attached hydrogens (tertiary/aromatic N) is 1. The van der Waals surface area contributed by atoms with E-state index in [1.165, 1.54) is 4.57 Å². The average molecular weight is 284 g/mol. The molecular formula is C13H24N4O3. The van der Waals surface area contributed by atoms with Crippen LogP contribution in [-0.4, -0.2) is 28.8 Å². The Labute approximate surface area is 118 Å². The van der Waals surface area contributed by atoms with Crippen molar-refractivity contribution >= 4 is 11.5 Å². The van der Waals surface area contributed by atoms with Crippen LogP contribution in [0.15, 0.2) is 9.59 Å². The van der Waals surface area contributed by atoms with Crippen molar-refractivity contribution in [1.29, 1.82) is 0 Å². The van der Waals surface area contributed by atoms with Crippen LogP contribution in [-0.2, 0) is 11.3 Å². The van der Waals surface area contributed by atoms with E-state index in [1.807, 2.05) is 27.7 Å². The van der Waals surface area contributed by atoms with Crippen LogP contribution >= 0.6 is 0 Å². The molecule has 1 aromatic heterocycles. The van der Waals surface area contributed by atoms with Crippen molar-refractivity contribution in [2.24, 2.45) is 5.92 Å². The number of anilines is 2. The van der Waals surface area contributed by atoms with E-state index in [2.05, 4.69) is 10.3 Å². The number of aromatic amines is 1. The fraction of sp³-hybridized carbons (Fsp3) is 0.692. The summed E-state index contributed by atoms with van der Waals surface area (Å²) in [5.74, 6) is 0.386. The van der Waals surface area contributed by atoms with Gasteiger partial charge in [-0.1, -0.05) is 13.8 Å². The number of hydrogen-bond acceptors (Lipinski definition) is 5. The largest absolute Gasteiger partial charge is 0.383 e. The summed E-state index contributed by atoms with van der Waals surface area (Å²) in [5.41, 5.74) is 4.69. The minimum absolute atomic E-state index is 0.150. The third-order valence-corrected chi connectivity index (χ3v) is 2.76. The van der Waals surface area contributed by atoms with Gasteiger partial charge in [0.15, 0.2) is 0 Å². The van der Waals surface area contributed by atoms with E-state index in [1.54, 1.807) is 7.11 Å². The first-order chi connectivity index (χ1) is 9.18. The van der Waals surface area contributed by atoms with Crippen LogP contribution in [0.25, 0.3) is 0 Å². The lowest BCUT2D eigenvalue weighted by atomic mass is 10.1. The third kappa shape index (κ3) is 3.86. The van der Waals surface area contributed by atoms with Gasteiger partial charge in [-0.05, 0) is 19.8 Å². The molecule has 1 heterocycles. The van der Waals surface area contributed by atoms with E-state index in [0.29, 0.717) is 13.2 Å². The fourth-order valence-electron chi connectivity index (χ4n) is 1.99. The average Bonchev–Trinajstić information content (AvgIpc) is 2.30. The molecule has 0 bridgehead atoms. The van der Waals surface area contributed by atoms with Gasteiger partial charge in [0.2, 0.25) is 0 Å². The molecule has 0 aliphatic rings. The Morgan fingerprint density at radius 3 is 2.50 bits per heavy atom. The molecule has 0 fully saturated rings. The standard InChI is InChI=1S/C13H24N4O3/c1-8(2)6-17-10(14)9(11(18)15-12(17)19)16-13(3,4)7-20-5/h8,16H,6-7,14H2,1-5H3,(H,15,18,19). The summed E-state index contributed by atoms with van der Waals surface area (Å²) < 4.78 is 6.47. The Bertz CT molecular complexity index is 572. The molecule has 0 unspecified atom stereocenters. The van der Waals surface area contributed by atoms with E-state index in [4.69, 9.17) is 10.5 Å². The van der Waals surface area contributed by atoms with Crippen molar-refractivity contribution in [3.8, 4) is 0 Å². The van der Waals surface area contributed by atoms with Crippen LogP contribution < -0.4 is 22.3 Å². The van der Waals surface area contributed by atoms with Crippen LogP contribution in [0.3, 0.4) is 0 Å². The lowest BCUT2D eigenvalue weighted by Crippen LogP contribution is -2.41. The molecule has 0 aliphatic carbocycles. The molecule has 0 amide bonds. The molecule has 0 saturated heterocycles. The van der Waals surface area contributed by atoms with Gasteiger partial charge >= 0.3 is 5.69 Å².